The van der Waals surface area contributed by atoms with Gasteiger partial charge in [0, 0.05) is 39.8 Å². The number of para-hydroxylation sites is 8. The fraction of sp³-hybridized carbons (Fsp3) is 0.0204. The highest BCUT2D eigenvalue weighted by Gasteiger charge is 2.21. The van der Waals surface area contributed by atoms with Gasteiger partial charge in [0.15, 0.2) is 0 Å². The zero-order valence-electron chi connectivity index (χ0n) is 29.3. The molecule has 8 aromatic rings. The summed E-state index contributed by atoms with van der Waals surface area (Å²) < 4.78 is 0. The molecule has 8 aromatic carbocycles. The van der Waals surface area contributed by atoms with Crippen molar-refractivity contribution in [3.8, 4) is 0 Å². The van der Waals surface area contributed by atoms with Crippen molar-refractivity contribution in [1.29, 1.82) is 0 Å². The third-order valence-electron chi connectivity index (χ3n) is 8.71. The normalized spacial score (nSPS) is 10.4. The van der Waals surface area contributed by atoms with Crippen molar-refractivity contribution in [2.45, 2.75) is 6.92 Å². The van der Waals surface area contributed by atoms with Crippen LogP contribution >= 0.6 is 0 Å². The van der Waals surface area contributed by atoms with Crippen LogP contribution in [0.15, 0.2) is 231 Å². The van der Waals surface area contributed by atoms with Crippen molar-refractivity contribution < 1.29 is 0 Å². The van der Waals surface area contributed by atoms with Crippen LogP contribution in [0.1, 0.15) is 5.56 Å². The van der Waals surface area contributed by atoms with Crippen LogP contribution in [0.4, 0.5) is 51.2 Å². The van der Waals surface area contributed by atoms with E-state index in [2.05, 4.69) is 234 Å². The van der Waals surface area contributed by atoms with Crippen LogP contribution in [0.25, 0.3) is 0 Å². The SMILES string of the molecule is Cc1cccc(N(c2ccccc2)c2ccccc2N(c2ccccc2)c2ccccc2)c1.c1ccc(N(c2ccccc2)c2ccccc2)cc1. The molecule has 252 valence electrons. The lowest BCUT2D eigenvalue weighted by Crippen LogP contribution is -2.16. The minimum absolute atomic E-state index is 1.11. The molecule has 8 rings (SSSR count). The van der Waals surface area contributed by atoms with Gasteiger partial charge in [-0.05, 0) is 110 Å². The summed E-state index contributed by atoms with van der Waals surface area (Å²) in [6.45, 7) is 2.14. The van der Waals surface area contributed by atoms with Gasteiger partial charge in [0.25, 0.3) is 0 Å². The molecule has 0 saturated heterocycles. The van der Waals surface area contributed by atoms with E-state index in [-0.39, 0.29) is 0 Å². The number of hydrogen-bond acceptors (Lipinski definition) is 3. The molecule has 52 heavy (non-hydrogen) atoms. The molecule has 0 heterocycles. The Morgan fingerprint density at radius 3 is 0.788 bits per heavy atom. The number of rotatable bonds is 9. The Morgan fingerprint density at radius 1 is 0.231 bits per heavy atom. The average molecular weight is 672 g/mol. The number of anilines is 9. The molecule has 0 fully saturated rings. The second-order valence-corrected chi connectivity index (χ2v) is 12.3. The van der Waals surface area contributed by atoms with Crippen LogP contribution in [0.3, 0.4) is 0 Å². The Bertz CT molecular complexity index is 2110. The zero-order chi connectivity index (χ0) is 35.4. The molecule has 3 heteroatoms. The van der Waals surface area contributed by atoms with Crippen LogP contribution < -0.4 is 14.7 Å². The highest BCUT2D eigenvalue weighted by molar-refractivity contribution is 5.91. The molecule has 0 aliphatic heterocycles. The summed E-state index contributed by atoms with van der Waals surface area (Å²) in [6.07, 6.45) is 0. The molecule has 0 aromatic heterocycles. The predicted molar refractivity (Wildman–Crippen MR) is 222 cm³/mol. The van der Waals surface area contributed by atoms with Crippen molar-refractivity contribution in [2.24, 2.45) is 0 Å². The van der Waals surface area contributed by atoms with Crippen molar-refractivity contribution >= 4 is 51.2 Å². The maximum absolute atomic E-state index is 2.33. The summed E-state index contributed by atoms with van der Waals surface area (Å²) >= 11 is 0. The summed E-state index contributed by atoms with van der Waals surface area (Å²) in [5.74, 6) is 0. The molecule has 0 atom stereocenters. The molecule has 0 aliphatic carbocycles. The molecule has 0 N–H and O–H groups in total. The van der Waals surface area contributed by atoms with Gasteiger partial charge in [-0.2, -0.15) is 0 Å². The van der Waals surface area contributed by atoms with Gasteiger partial charge < -0.3 is 14.7 Å². The first-order valence-electron chi connectivity index (χ1n) is 17.6. The Labute approximate surface area is 307 Å². The van der Waals surface area contributed by atoms with Gasteiger partial charge >= 0.3 is 0 Å². The molecular formula is C49H41N3. The van der Waals surface area contributed by atoms with E-state index in [0.717, 1.165) is 34.1 Å². The van der Waals surface area contributed by atoms with Gasteiger partial charge in [-0.3, -0.25) is 0 Å². The molecule has 0 aliphatic rings. The van der Waals surface area contributed by atoms with Crippen LogP contribution in [-0.4, -0.2) is 0 Å². The van der Waals surface area contributed by atoms with Crippen molar-refractivity contribution in [2.75, 3.05) is 14.7 Å². The van der Waals surface area contributed by atoms with E-state index < -0.39 is 0 Å². The highest BCUT2D eigenvalue weighted by atomic mass is 15.2. The van der Waals surface area contributed by atoms with E-state index in [4.69, 9.17) is 0 Å². The lowest BCUT2D eigenvalue weighted by molar-refractivity contribution is 1.22. The van der Waals surface area contributed by atoms with E-state index in [1.807, 2.05) is 18.2 Å². The van der Waals surface area contributed by atoms with Gasteiger partial charge in [0.05, 0.1) is 11.4 Å². The summed E-state index contributed by atoms with van der Waals surface area (Å²) in [7, 11) is 0. The monoisotopic (exact) mass is 671 g/mol. The van der Waals surface area contributed by atoms with Crippen LogP contribution in [0, 0.1) is 6.92 Å². The standard InChI is InChI=1S/C31H26N2.C18H15N/c1-25-14-13-21-29(24-25)33(28-19-9-4-10-20-28)31-23-12-11-22-30(31)32(26-15-5-2-6-16-26)27-17-7-3-8-18-27;1-4-10-16(11-5-1)19(17-12-6-2-7-13-17)18-14-8-3-9-15-18/h2-24H,1H3;1-15H. The predicted octanol–water partition coefficient (Wildman–Crippen LogP) is 14.1. The van der Waals surface area contributed by atoms with E-state index >= 15 is 0 Å². The maximum atomic E-state index is 2.33. The molecule has 0 bridgehead atoms. The summed E-state index contributed by atoms with van der Waals surface area (Å²) in [5, 5.41) is 0. The van der Waals surface area contributed by atoms with Gasteiger partial charge in [-0.15, -0.1) is 0 Å². The average Bonchev–Trinajstić information content (AvgIpc) is 3.22. The van der Waals surface area contributed by atoms with Crippen LogP contribution in [0.2, 0.25) is 0 Å². The first-order chi connectivity index (χ1) is 25.8. The smallest absolute Gasteiger partial charge is 0.0702 e. The second-order valence-electron chi connectivity index (χ2n) is 12.3. The van der Waals surface area contributed by atoms with E-state index in [0.29, 0.717) is 0 Å². The molecule has 0 amide bonds. The summed E-state index contributed by atoms with van der Waals surface area (Å²) in [6, 6.07) is 80.2. The van der Waals surface area contributed by atoms with Gasteiger partial charge in [0.1, 0.15) is 0 Å². The third-order valence-corrected chi connectivity index (χ3v) is 8.71. The molecule has 3 nitrogen and oxygen atoms in total. The highest BCUT2D eigenvalue weighted by Crippen LogP contribution is 2.45. The summed E-state index contributed by atoms with van der Waals surface area (Å²) in [4.78, 5) is 6.91. The molecule has 0 saturated carbocycles. The number of aryl methyl sites for hydroxylation is 1. The Balaban J connectivity index is 0.000000187. The molecular weight excluding hydrogens is 631 g/mol. The van der Waals surface area contributed by atoms with Gasteiger partial charge in [-0.1, -0.05) is 133 Å². The maximum Gasteiger partial charge on any atom is 0.0702 e. The van der Waals surface area contributed by atoms with Crippen LogP contribution in [0.5, 0.6) is 0 Å². The largest absolute Gasteiger partial charge is 0.311 e. The first kappa shape index (κ1) is 33.6. The summed E-state index contributed by atoms with van der Waals surface area (Å²) in [5.41, 5.74) is 11.4. The Kier molecular flexibility index (Phi) is 10.8. The Hall–Kier alpha value is -6.84. The van der Waals surface area contributed by atoms with Crippen molar-refractivity contribution in [1.82, 2.24) is 0 Å². The quantitative estimate of drug-likeness (QED) is 0.151. The van der Waals surface area contributed by atoms with Gasteiger partial charge in [0.2, 0.25) is 0 Å². The van der Waals surface area contributed by atoms with Crippen molar-refractivity contribution in [3.63, 3.8) is 0 Å². The van der Waals surface area contributed by atoms with E-state index in [9.17, 15) is 0 Å². The first-order valence-corrected chi connectivity index (χ1v) is 17.6. The molecule has 0 spiro atoms. The number of benzene rings is 8. The second kappa shape index (κ2) is 16.7. The van der Waals surface area contributed by atoms with E-state index in [1.165, 1.54) is 22.6 Å². The lowest BCUT2D eigenvalue weighted by atomic mass is 10.1. The van der Waals surface area contributed by atoms with Crippen LogP contribution in [-0.2, 0) is 0 Å². The van der Waals surface area contributed by atoms with Gasteiger partial charge in [-0.25, -0.2) is 0 Å². The molecule has 0 unspecified atom stereocenters. The third kappa shape index (κ3) is 7.96. The van der Waals surface area contributed by atoms with Crippen molar-refractivity contribution in [3.05, 3.63) is 236 Å². The number of hydrogen-bond donors (Lipinski definition) is 0. The topological polar surface area (TPSA) is 9.72 Å². The lowest BCUT2D eigenvalue weighted by Gasteiger charge is -2.33. The minimum atomic E-state index is 1.11. The Morgan fingerprint density at radius 2 is 0.481 bits per heavy atom. The van der Waals surface area contributed by atoms with E-state index in [1.54, 1.807) is 0 Å². The molecule has 0 radical (unpaired) electrons. The fourth-order valence-corrected chi connectivity index (χ4v) is 6.37. The minimum Gasteiger partial charge on any atom is -0.311 e. The zero-order valence-corrected chi connectivity index (χ0v) is 29.3. The number of nitrogens with zero attached hydrogens (tertiary/aromatic N) is 3. The fourth-order valence-electron chi connectivity index (χ4n) is 6.37.